The van der Waals surface area contributed by atoms with Gasteiger partial charge in [-0.2, -0.15) is 4.31 Å². The van der Waals surface area contributed by atoms with E-state index in [1.54, 1.807) is 35.2 Å². The van der Waals surface area contributed by atoms with Crippen molar-refractivity contribution >= 4 is 43.6 Å². The van der Waals surface area contributed by atoms with Crippen LogP contribution in [0.3, 0.4) is 0 Å². The maximum absolute atomic E-state index is 12.8. The van der Waals surface area contributed by atoms with Crippen LogP contribution >= 0.6 is 27.7 Å². The first-order valence-corrected chi connectivity index (χ1v) is 11.8. The summed E-state index contributed by atoms with van der Waals surface area (Å²) in [6, 6.07) is 16.2. The molecule has 1 heterocycles. The molecule has 1 atom stereocenters. The number of nitrogens with zero attached hydrogens (tertiary/aromatic N) is 2. The van der Waals surface area contributed by atoms with Crippen LogP contribution in [0.4, 0.5) is 0 Å². The van der Waals surface area contributed by atoms with Crippen molar-refractivity contribution in [2.75, 3.05) is 26.2 Å². The molecule has 3 rings (SSSR count). The monoisotopic (exact) mass is 468 g/mol. The molecule has 1 aliphatic heterocycles. The number of amides is 1. The summed E-state index contributed by atoms with van der Waals surface area (Å²) in [4.78, 5) is 15.8. The van der Waals surface area contributed by atoms with E-state index in [-0.39, 0.29) is 11.2 Å². The van der Waals surface area contributed by atoms with Gasteiger partial charge in [0.1, 0.15) is 0 Å². The molecule has 5 nitrogen and oxygen atoms in total. The molecule has 0 aromatic heterocycles. The summed E-state index contributed by atoms with van der Waals surface area (Å²) in [6.07, 6.45) is 0. The van der Waals surface area contributed by atoms with Crippen molar-refractivity contribution in [2.24, 2.45) is 0 Å². The predicted molar refractivity (Wildman–Crippen MR) is 111 cm³/mol. The minimum Gasteiger partial charge on any atom is -0.339 e. The molecule has 1 amide bonds. The van der Waals surface area contributed by atoms with Crippen molar-refractivity contribution in [3.05, 3.63) is 59.1 Å². The Balaban J connectivity index is 1.60. The summed E-state index contributed by atoms with van der Waals surface area (Å²) in [5.74, 6) is 0.0347. The number of hydrogen-bond donors (Lipinski definition) is 0. The number of thioether (sulfide) groups is 1. The van der Waals surface area contributed by atoms with Crippen LogP contribution in [-0.2, 0) is 14.8 Å². The van der Waals surface area contributed by atoms with Crippen LogP contribution in [0.1, 0.15) is 6.92 Å². The Morgan fingerprint density at radius 2 is 1.59 bits per heavy atom. The van der Waals surface area contributed by atoms with Crippen molar-refractivity contribution in [1.29, 1.82) is 0 Å². The quantitative estimate of drug-likeness (QED) is 0.630. The van der Waals surface area contributed by atoms with Crippen LogP contribution in [0.2, 0.25) is 0 Å². The third-order valence-electron chi connectivity index (χ3n) is 4.42. The van der Waals surface area contributed by atoms with Crippen LogP contribution in [0, 0.1) is 0 Å². The molecule has 1 aliphatic rings. The van der Waals surface area contributed by atoms with Gasteiger partial charge in [0, 0.05) is 35.5 Å². The summed E-state index contributed by atoms with van der Waals surface area (Å²) >= 11 is 5.01. The third kappa shape index (κ3) is 4.74. The molecule has 0 aliphatic carbocycles. The van der Waals surface area contributed by atoms with Gasteiger partial charge >= 0.3 is 0 Å². The predicted octanol–water partition coefficient (Wildman–Crippen LogP) is 3.46. The highest BCUT2D eigenvalue weighted by Gasteiger charge is 2.31. The minimum absolute atomic E-state index is 0.0347. The lowest BCUT2D eigenvalue weighted by atomic mass is 10.3. The molecule has 1 fully saturated rings. The van der Waals surface area contributed by atoms with Gasteiger partial charge in [0.15, 0.2) is 0 Å². The molecule has 8 heteroatoms. The number of rotatable bonds is 5. The highest BCUT2D eigenvalue weighted by molar-refractivity contribution is 9.10. The van der Waals surface area contributed by atoms with Crippen molar-refractivity contribution < 1.29 is 13.2 Å². The Bertz CT molecular complexity index is 898. The fraction of sp³-hybridized carbons (Fsp3) is 0.316. The fourth-order valence-corrected chi connectivity index (χ4v) is 5.91. The van der Waals surface area contributed by atoms with E-state index in [0.717, 1.165) is 9.37 Å². The number of benzene rings is 2. The maximum Gasteiger partial charge on any atom is 0.243 e. The summed E-state index contributed by atoms with van der Waals surface area (Å²) in [5.41, 5.74) is 0. The van der Waals surface area contributed by atoms with Crippen molar-refractivity contribution in [3.63, 3.8) is 0 Å². The number of halogens is 1. The molecule has 2 aromatic carbocycles. The van der Waals surface area contributed by atoms with Crippen LogP contribution in [-0.4, -0.2) is 55.0 Å². The summed E-state index contributed by atoms with van der Waals surface area (Å²) < 4.78 is 27.8. The number of piperazine rings is 1. The molecule has 1 saturated heterocycles. The zero-order chi connectivity index (χ0) is 19.4. The lowest BCUT2D eigenvalue weighted by molar-refractivity contribution is -0.131. The van der Waals surface area contributed by atoms with E-state index in [4.69, 9.17) is 0 Å². The van der Waals surface area contributed by atoms with Crippen molar-refractivity contribution in [1.82, 2.24) is 9.21 Å². The first-order chi connectivity index (χ1) is 12.9. The molecule has 0 spiro atoms. The average molecular weight is 469 g/mol. The van der Waals surface area contributed by atoms with E-state index in [1.165, 1.54) is 16.1 Å². The molecule has 144 valence electrons. The van der Waals surface area contributed by atoms with Crippen LogP contribution in [0.5, 0.6) is 0 Å². The van der Waals surface area contributed by atoms with Crippen molar-refractivity contribution in [2.45, 2.75) is 22.0 Å². The molecule has 0 bridgehead atoms. The number of carbonyl (C=O) groups is 1. The Morgan fingerprint density at radius 1 is 1.00 bits per heavy atom. The molecule has 0 saturated carbocycles. The number of hydrogen-bond acceptors (Lipinski definition) is 4. The Kier molecular flexibility index (Phi) is 6.62. The van der Waals surface area contributed by atoms with Gasteiger partial charge < -0.3 is 4.90 Å². The zero-order valence-electron chi connectivity index (χ0n) is 14.9. The fourth-order valence-electron chi connectivity index (χ4n) is 2.93. The van der Waals surface area contributed by atoms with E-state index in [9.17, 15) is 13.2 Å². The minimum atomic E-state index is -3.50. The van der Waals surface area contributed by atoms with Gasteiger partial charge in [-0.3, -0.25) is 4.79 Å². The van der Waals surface area contributed by atoms with Gasteiger partial charge in [-0.1, -0.05) is 30.3 Å². The zero-order valence-corrected chi connectivity index (χ0v) is 18.1. The van der Waals surface area contributed by atoms with Crippen LogP contribution in [0.25, 0.3) is 0 Å². The van der Waals surface area contributed by atoms with Crippen molar-refractivity contribution in [3.8, 4) is 0 Å². The average Bonchev–Trinajstić information content (AvgIpc) is 2.70. The van der Waals surface area contributed by atoms with Gasteiger partial charge in [0.25, 0.3) is 0 Å². The first kappa shape index (κ1) is 20.4. The first-order valence-electron chi connectivity index (χ1n) is 8.65. The SMILES string of the molecule is CC(Sc1ccccc1Br)C(=O)N1CCN(S(=O)(=O)c2ccccc2)CC1. The Labute approximate surface area is 172 Å². The molecule has 2 aromatic rings. The molecule has 0 radical (unpaired) electrons. The van der Waals surface area contributed by atoms with E-state index >= 15 is 0 Å². The Morgan fingerprint density at radius 3 is 2.22 bits per heavy atom. The summed E-state index contributed by atoms with van der Waals surface area (Å²) in [5, 5.41) is -0.235. The van der Waals surface area contributed by atoms with Gasteiger partial charge in [-0.05, 0) is 47.1 Å². The lowest BCUT2D eigenvalue weighted by Gasteiger charge is -2.35. The lowest BCUT2D eigenvalue weighted by Crippen LogP contribution is -2.52. The topological polar surface area (TPSA) is 57.7 Å². The van der Waals surface area contributed by atoms with Gasteiger partial charge in [0.05, 0.1) is 10.1 Å². The highest BCUT2D eigenvalue weighted by Crippen LogP contribution is 2.31. The number of sulfonamides is 1. The van der Waals surface area contributed by atoms with Crippen LogP contribution in [0.15, 0.2) is 68.9 Å². The third-order valence-corrected chi connectivity index (χ3v) is 8.45. The second-order valence-corrected chi connectivity index (χ2v) is 10.4. The van der Waals surface area contributed by atoms with E-state index < -0.39 is 10.0 Å². The molecule has 0 N–H and O–H groups in total. The van der Waals surface area contributed by atoms with Gasteiger partial charge in [-0.15, -0.1) is 11.8 Å². The largest absolute Gasteiger partial charge is 0.339 e. The van der Waals surface area contributed by atoms with Gasteiger partial charge in [-0.25, -0.2) is 8.42 Å². The second-order valence-electron chi connectivity index (χ2n) is 6.23. The molecular weight excluding hydrogens is 448 g/mol. The van der Waals surface area contributed by atoms with Gasteiger partial charge in [0.2, 0.25) is 15.9 Å². The standard InChI is InChI=1S/C19H21BrN2O3S2/c1-15(26-18-10-6-5-9-17(18)20)19(23)21-11-13-22(14-12-21)27(24,25)16-7-3-2-4-8-16/h2-10,15H,11-14H2,1H3. The Hall–Kier alpha value is -1.35. The van der Waals surface area contributed by atoms with Crippen LogP contribution < -0.4 is 0 Å². The molecule has 27 heavy (non-hydrogen) atoms. The van der Waals surface area contributed by atoms with E-state index in [0.29, 0.717) is 31.1 Å². The second kappa shape index (κ2) is 8.77. The number of carbonyl (C=O) groups excluding carboxylic acids is 1. The van der Waals surface area contributed by atoms with E-state index in [1.807, 2.05) is 31.2 Å². The molecule has 1 unspecified atom stereocenters. The normalized spacial score (nSPS) is 16.9. The van der Waals surface area contributed by atoms with E-state index in [2.05, 4.69) is 15.9 Å². The smallest absolute Gasteiger partial charge is 0.243 e. The maximum atomic E-state index is 12.8. The summed E-state index contributed by atoms with van der Waals surface area (Å²) in [6.45, 7) is 3.34. The highest BCUT2D eigenvalue weighted by atomic mass is 79.9. The summed E-state index contributed by atoms with van der Waals surface area (Å²) in [7, 11) is -3.50. The molecular formula is C19H21BrN2O3S2.